The van der Waals surface area contributed by atoms with Crippen molar-refractivity contribution >= 4 is 11.8 Å². The Balaban J connectivity index is 1.47. The lowest BCUT2D eigenvalue weighted by Gasteiger charge is -2.31. The van der Waals surface area contributed by atoms with Crippen LogP contribution < -0.4 is 5.32 Å². The first-order valence-electron chi connectivity index (χ1n) is 9.67. The van der Waals surface area contributed by atoms with Gasteiger partial charge in [-0.15, -0.1) is 5.10 Å². The third-order valence-electron chi connectivity index (χ3n) is 5.62. The van der Waals surface area contributed by atoms with Crippen molar-refractivity contribution in [3.05, 3.63) is 47.3 Å². The number of hydrogen-bond donors (Lipinski definition) is 1. The molecule has 27 heavy (non-hydrogen) atoms. The van der Waals surface area contributed by atoms with Crippen molar-refractivity contribution in [2.45, 2.75) is 58.3 Å². The van der Waals surface area contributed by atoms with Crippen LogP contribution in [0.3, 0.4) is 0 Å². The first-order chi connectivity index (χ1) is 13.1. The Kier molecular flexibility index (Phi) is 4.92. The molecule has 1 unspecified atom stereocenters. The van der Waals surface area contributed by atoms with Crippen LogP contribution in [-0.2, 0) is 29.2 Å². The van der Waals surface area contributed by atoms with E-state index in [0.29, 0.717) is 19.6 Å². The second kappa shape index (κ2) is 7.50. The Morgan fingerprint density at radius 1 is 1.22 bits per heavy atom. The monoisotopic (exact) mass is 367 g/mol. The Bertz CT molecular complexity index is 826. The molecule has 1 aromatic heterocycles. The summed E-state index contributed by atoms with van der Waals surface area (Å²) >= 11 is 0. The van der Waals surface area contributed by atoms with Crippen LogP contribution in [0.5, 0.6) is 0 Å². The van der Waals surface area contributed by atoms with E-state index in [2.05, 4.69) is 15.6 Å². The standard InChI is InChI=1S/C20H25N5O2/c1-14-20(27)24(12-15-7-3-2-4-8-15)13-18-17(22-23-25(14)18)11-21-19(26)16-9-5-6-10-16/h2-4,7-8,14,16H,5-6,9-13H2,1H3,(H,21,26). The van der Waals surface area contributed by atoms with Crippen molar-refractivity contribution in [2.75, 3.05) is 0 Å². The molecule has 1 fully saturated rings. The van der Waals surface area contributed by atoms with E-state index in [1.165, 1.54) is 0 Å². The van der Waals surface area contributed by atoms with Crippen LogP contribution in [0.2, 0.25) is 0 Å². The molecule has 0 radical (unpaired) electrons. The number of benzene rings is 1. The fourth-order valence-corrected chi connectivity index (χ4v) is 4.03. The molecule has 2 aliphatic rings. The molecule has 142 valence electrons. The van der Waals surface area contributed by atoms with E-state index in [0.717, 1.165) is 42.6 Å². The minimum atomic E-state index is -0.385. The molecular weight excluding hydrogens is 342 g/mol. The van der Waals surface area contributed by atoms with Gasteiger partial charge in [0.2, 0.25) is 11.8 Å². The summed E-state index contributed by atoms with van der Waals surface area (Å²) in [5, 5.41) is 11.4. The predicted octanol–water partition coefficient (Wildman–Crippen LogP) is 2.19. The minimum absolute atomic E-state index is 0.0396. The van der Waals surface area contributed by atoms with E-state index >= 15 is 0 Å². The van der Waals surface area contributed by atoms with Gasteiger partial charge in [0.1, 0.15) is 11.7 Å². The molecule has 7 nitrogen and oxygen atoms in total. The highest BCUT2D eigenvalue weighted by Gasteiger charge is 2.33. The van der Waals surface area contributed by atoms with E-state index in [1.54, 1.807) is 4.68 Å². The molecule has 1 aliphatic carbocycles. The molecule has 1 aliphatic heterocycles. The number of rotatable bonds is 5. The van der Waals surface area contributed by atoms with Gasteiger partial charge >= 0.3 is 0 Å². The van der Waals surface area contributed by atoms with Crippen LogP contribution in [-0.4, -0.2) is 31.7 Å². The van der Waals surface area contributed by atoms with Crippen LogP contribution in [0.4, 0.5) is 0 Å². The topological polar surface area (TPSA) is 80.1 Å². The molecule has 7 heteroatoms. The molecular formula is C20H25N5O2. The minimum Gasteiger partial charge on any atom is -0.350 e. The van der Waals surface area contributed by atoms with Crippen molar-refractivity contribution in [3.8, 4) is 0 Å². The number of fused-ring (bicyclic) bond motifs is 1. The second-order valence-electron chi connectivity index (χ2n) is 7.48. The van der Waals surface area contributed by atoms with E-state index in [9.17, 15) is 9.59 Å². The summed E-state index contributed by atoms with van der Waals surface area (Å²) in [5.41, 5.74) is 2.75. The van der Waals surface area contributed by atoms with Gasteiger partial charge in [0.15, 0.2) is 0 Å². The van der Waals surface area contributed by atoms with Crippen LogP contribution in [0.25, 0.3) is 0 Å². The summed E-state index contributed by atoms with van der Waals surface area (Å²) < 4.78 is 1.70. The lowest BCUT2D eigenvalue weighted by Crippen LogP contribution is -2.42. The Morgan fingerprint density at radius 3 is 2.70 bits per heavy atom. The summed E-state index contributed by atoms with van der Waals surface area (Å²) in [6, 6.07) is 9.57. The molecule has 1 aromatic carbocycles. The normalized spacial score (nSPS) is 20.0. The zero-order valence-corrected chi connectivity index (χ0v) is 15.6. The lowest BCUT2D eigenvalue weighted by atomic mass is 10.1. The number of hydrogen-bond acceptors (Lipinski definition) is 4. The number of amides is 2. The fraction of sp³-hybridized carbons (Fsp3) is 0.500. The molecule has 0 spiro atoms. The highest BCUT2D eigenvalue weighted by molar-refractivity contribution is 5.81. The number of nitrogens with one attached hydrogen (secondary N) is 1. The summed E-state index contributed by atoms with van der Waals surface area (Å²) in [7, 11) is 0. The molecule has 1 saturated carbocycles. The van der Waals surface area contributed by atoms with Crippen molar-refractivity contribution < 1.29 is 9.59 Å². The predicted molar refractivity (Wildman–Crippen MR) is 99.2 cm³/mol. The maximum Gasteiger partial charge on any atom is 0.247 e. The molecule has 0 saturated heterocycles. The first-order valence-corrected chi connectivity index (χ1v) is 9.67. The molecule has 2 heterocycles. The Hall–Kier alpha value is -2.70. The Labute approximate surface area is 158 Å². The number of carbonyl (C=O) groups is 2. The van der Waals surface area contributed by atoms with E-state index < -0.39 is 0 Å². The van der Waals surface area contributed by atoms with Gasteiger partial charge in [-0.25, -0.2) is 4.68 Å². The van der Waals surface area contributed by atoms with E-state index in [1.807, 2.05) is 42.2 Å². The highest BCUT2D eigenvalue weighted by Crippen LogP contribution is 2.26. The second-order valence-corrected chi connectivity index (χ2v) is 7.48. The third kappa shape index (κ3) is 3.59. The smallest absolute Gasteiger partial charge is 0.247 e. The summed E-state index contributed by atoms with van der Waals surface area (Å²) in [6.07, 6.45) is 4.21. The van der Waals surface area contributed by atoms with Gasteiger partial charge in [0, 0.05) is 12.5 Å². The molecule has 1 atom stereocenters. The molecule has 4 rings (SSSR count). The van der Waals surface area contributed by atoms with Crippen LogP contribution in [0.15, 0.2) is 30.3 Å². The van der Waals surface area contributed by atoms with Gasteiger partial charge < -0.3 is 10.2 Å². The summed E-state index contributed by atoms with van der Waals surface area (Å²) in [4.78, 5) is 26.8. The fourth-order valence-electron chi connectivity index (χ4n) is 4.03. The molecule has 0 bridgehead atoms. The number of carbonyl (C=O) groups excluding carboxylic acids is 2. The largest absolute Gasteiger partial charge is 0.350 e. The van der Waals surface area contributed by atoms with Crippen molar-refractivity contribution in [1.82, 2.24) is 25.2 Å². The van der Waals surface area contributed by atoms with Crippen molar-refractivity contribution in [3.63, 3.8) is 0 Å². The van der Waals surface area contributed by atoms with Gasteiger partial charge in [0.05, 0.1) is 18.8 Å². The zero-order chi connectivity index (χ0) is 18.8. The van der Waals surface area contributed by atoms with Gasteiger partial charge in [0.25, 0.3) is 0 Å². The number of nitrogens with zero attached hydrogens (tertiary/aromatic N) is 4. The average molecular weight is 367 g/mol. The summed E-state index contributed by atoms with van der Waals surface area (Å²) in [6.45, 7) is 3.23. The van der Waals surface area contributed by atoms with E-state index in [4.69, 9.17) is 0 Å². The molecule has 1 N–H and O–H groups in total. The maximum atomic E-state index is 12.7. The molecule has 2 amide bonds. The average Bonchev–Trinajstić information content (AvgIpc) is 3.35. The SMILES string of the molecule is CC1C(=O)N(Cc2ccccc2)Cc2c(CNC(=O)C3CCCC3)nnn21. The highest BCUT2D eigenvalue weighted by atomic mass is 16.2. The summed E-state index contributed by atoms with van der Waals surface area (Å²) in [5.74, 6) is 0.277. The van der Waals surface area contributed by atoms with Gasteiger partial charge in [-0.1, -0.05) is 48.4 Å². The van der Waals surface area contributed by atoms with Crippen molar-refractivity contribution in [2.24, 2.45) is 5.92 Å². The molecule has 2 aromatic rings. The van der Waals surface area contributed by atoms with Crippen LogP contribution in [0.1, 0.15) is 55.6 Å². The van der Waals surface area contributed by atoms with Gasteiger partial charge in [-0.05, 0) is 25.3 Å². The van der Waals surface area contributed by atoms with Gasteiger partial charge in [-0.2, -0.15) is 0 Å². The quantitative estimate of drug-likeness (QED) is 0.878. The van der Waals surface area contributed by atoms with Crippen LogP contribution in [0, 0.1) is 5.92 Å². The maximum absolute atomic E-state index is 12.7. The van der Waals surface area contributed by atoms with Crippen molar-refractivity contribution in [1.29, 1.82) is 0 Å². The number of aromatic nitrogens is 3. The third-order valence-corrected chi connectivity index (χ3v) is 5.62. The van der Waals surface area contributed by atoms with E-state index in [-0.39, 0.29) is 23.8 Å². The Morgan fingerprint density at radius 2 is 1.96 bits per heavy atom. The van der Waals surface area contributed by atoms with Crippen LogP contribution >= 0.6 is 0 Å². The zero-order valence-electron chi connectivity index (χ0n) is 15.6. The lowest BCUT2D eigenvalue weighted by molar-refractivity contribution is -0.138. The first kappa shape index (κ1) is 17.7. The van der Waals surface area contributed by atoms with Gasteiger partial charge in [-0.3, -0.25) is 9.59 Å².